The number of hydrogen-bond acceptors (Lipinski definition) is 3. The van der Waals surface area contributed by atoms with Crippen molar-refractivity contribution in [2.45, 2.75) is 25.4 Å². The van der Waals surface area contributed by atoms with Gasteiger partial charge in [-0.05, 0) is 24.6 Å². The average Bonchev–Trinajstić information content (AvgIpc) is 2.51. The van der Waals surface area contributed by atoms with E-state index in [-0.39, 0.29) is 12.2 Å². The van der Waals surface area contributed by atoms with Gasteiger partial charge in [-0.25, -0.2) is 9.18 Å². The maximum atomic E-state index is 13.4. The maximum absolute atomic E-state index is 13.4. The number of anilines is 1. The summed E-state index contributed by atoms with van der Waals surface area (Å²) in [6.45, 7) is 1.70. The van der Waals surface area contributed by atoms with Crippen molar-refractivity contribution in [3.05, 3.63) is 29.6 Å². The molecule has 1 fully saturated rings. The summed E-state index contributed by atoms with van der Waals surface area (Å²) in [5.74, 6) is -5.41. The first-order valence-corrected chi connectivity index (χ1v) is 5.47. The molecule has 98 valence electrons. The van der Waals surface area contributed by atoms with Crippen LogP contribution >= 0.6 is 0 Å². The van der Waals surface area contributed by atoms with E-state index in [0.717, 1.165) is 5.56 Å². The van der Waals surface area contributed by atoms with Crippen molar-refractivity contribution in [3.63, 3.8) is 0 Å². The number of carbonyl (C=O) groups is 1. The second kappa shape index (κ2) is 4.51. The molecule has 1 saturated heterocycles. The standard InChI is InChI=1S/C12H12F3NO2/c1-7-2-3-10(9(13)4-7)16-6-8-5-12(14,15)11(17)18-8/h2-4,8,16H,5-6H2,1H3. The number of benzene rings is 1. The SMILES string of the molecule is Cc1ccc(NCC2CC(F)(F)C(=O)O2)c(F)c1. The number of ether oxygens (including phenoxy) is 1. The van der Waals surface area contributed by atoms with Crippen LogP contribution in [0.5, 0.6) is 0 Å². The van der Waals surface area contributed by atoms with Gasteiger partial charge in [0, 0.05) is 0 Å². The molecule has 0 bridgehead atoms. The number of nitrogens with one attached hydrogen (secondary N) is 1. The van der Waals surface area contributed by atoms with Gasteiger partial charge in [0.1, 0.15) is 11.9 Å². The second-order valence-electron chi connectivity index (χ2n) is 4.30. The Bertz CT molecular complexity index is 476. The Morgan fingerprint density at radius 2 is 2.22 bits per heavy atom. The van der Waals surface area contributed by atoms with Crippen LogP contribution in [0.2, 0.25) is 0 Å². The lowest BCUT2D eigenvalue weighted by Gasteiger charge is -2.12. The normalized spacial score (nSPS) is 21.8. The van der Waals surface area contributed by atoms with Crippen LogP contribution in [0.4, 0.5) is 18.9 Å². The third kappa shape index (κ3) is 2.57. The van der Waals surface area contributed by atoms with Crippen molar-refractivity contribution >= 4 is 11.7 Å². The second-order valence-corrected chi connectivity index (χ2v) is 4.30. The molecule has 1 unspecified atom stereocenters. The molecule has 18 heavy (non-hydrogen) atoms. The zero-order chi connectivity index (χ0) is 13.3. The van der Waals surface area contributed by atoms with Gasteiger partial charge in [0.2, 0.25) is 0 Å². The summed E-state index contributed by atoms with van der Waals surface area (Å²) in [6.07, 6.45) is -1.61. The fourth-order valence-corrected chi connectivity index (χ4v) is 1.75. The lowest BCUT2D eigenvalue weighted by molar-refractivity contribution is -0.158. The van der Waals surface area contributed by atoms with E-state index in [0.29, 0.717) is 0 Å². The largest absolute Gasteiger partial charge is 0.456 e. The highest BCUT2D eigenvalue weighted by Crippen LogP contribution is 2.31. The first kappa shape index (κ1) is 12.7. The van der Waals surface area contributed by atoms with Gasteiger partial charge in [-0.2, -0.15) is 8.78 Å². The number of cyclic esters (lactones) is 1. The topological polar surface area (TPSA) is 38.3 Å². The van der Waals surface area contributed by atoms with E-state index in [4.69, 9.17) is 0 Å². The molecule has 1 aliphatic rings. The number of aryl methyl sites for hydroxylation is 1. The molecule has 1 aliphatic heterocycles. The van der Waals surface area contributed by atoms with Gasteiger partial charge in [0.15, 0.2) is 0 Å². The molecule has 1 N–H and O–H groups in total. The molecule has 2 rings (SSSR count). The predicted octanol–water partition coefficient (Wildman–Crippen LogP) is 2.50. The molecule has 0 radical (unpaired) electrons. The van der Waals surface area contributed by atoms with Crippen LogP contribution in [0.1, 0.15) is 12.0 Å². The number of alkyl halides is 2. The molecule has 0 spiro atoms. The van der Waals surface area contributed by atoms with Crippen LogP contribution in [-0.2, 0) is 9.53 Å². The minimum Gasteiger partial charge on any atom is -0.456 e. The average molecular weight is 259 g/mol. The molecule has 6 heteroatoms. The summed E-state index contributed by atoms with van der Waals surface area (Å²) in [7, 11) is 0. The molecule has 0 amide bonds. The van der Waals surface area contributed by atoms with Crippen LogP contribution in [0.25, 0.3) is 0 Å². The summed E-state index contributed by atoms with van der Waals surface area (Å²) in [5.41, 5.74) is 0.962. The Morgan fingerprint density at radius 3 is 2.78 bits per heavy atom. The molecule has 0 aliphatic carbocycles. The van der Waals surface area contributed by atoms with E-state index in [2.05, 4.69) is 10.1 Å². The lowest BCUT2D eigenvalue weighted by atomic mass is 10.2. The Labute approximate surface area is 102 Å². The first-order valence-electron chi connectivity index (χ1n) is 5.47. The third-order valence-corrected chi connectivity index (χ3v) is 2.70. The maximum Gasteiger partial charge on any atom is 0.377 e. The molecule has 1 aromatic rings. The fourth-order valence-electron chi connectivity index (χ4n) is 1.75. The fraction of sp³-hybridized carbons (Fsp3) is 0.417. The Hall–Kier alpha value is -1.72. The van der Waals surface area contributed by atoms with Crippen molar-refractivity contribution in [2.75, 3.05) is 11.9 Å². The number of carbonyl (C=O) groups excluding carboxylic acids is 1. The summed E-state index contributed by atoms with van der Waals surface area (Å²) in [6, 6.07) is 4.54. The molecule has 0 aromatic heterocycles. The quantitative estimate of drug-likeness (QED) is 0.847. The van der Waals surface area contributed by atoms with Crippen molar-refractivity contribution in [3.8, 4) is 0 Å². The van der Waals surface area contributed by atoms with Gasteiger partial charge in [-0.1, -0.05) is 6.07 Å². The van der Waals surface area contributed by atoms with Crippen molar-refractivity contribution in [1.82, 2.24) is 0 Å². The van der Waals surface area contributed by atoms with Gasteiger partial charge in [-0.3, -0.25) is 0 Å². The monoisotopic (exact) mass is 259 g/mol. The molecular formula is C12H12F3NO2. The molecule has 1 aromatic carbocycles. The number of hydrogen-bond donors (Lipinski definition) is 1. The smallest absolute Gasteiger partial charge is 0.377 e. The van der Waals surface area contributed by atoms with Crippen LogP contribution in [0, 0.1) is 12.7 Å². The summed E-state index contributed by atoms with van der Waals surface area (Å²) in [4.78, 5) is 10.8. The van der Waals surface area contributed by atoms with Gasteiger partial charge >= 0.3 is 11.9 Å². The third-order valence-electron chi connectivity index (χ3n) is 2.70. The van der Waals surface area contributed by atoms with E-state index in [1.54, 1.807) is 13.0 Å². The first-order chi connectivity index (χ1) is 8.38. The minimum absolute atomic E-state index is 0.0404. The highest BCUT2D eigenvalue weighted by atomic mass is 19.3. The van der Waals surface area contributed by atoms with Gasteiger partial charge in [0.05, 0.1) is 18.7 Å². The Balaban J connectivity index is 1.95. The van der Waals surface area contributed by atoms with E-state index in [1.165, 1.54) is 12.1 Å². The van der Waals surface area contributed by atoms with Crippen LogP contribution in [-0.4, -0.2) is 24.5 Å². The molecule has 0 saturated carbocycles. The van der Waals surface area contributed by atoms with Crippen molar-refractivity contribution in [1.29, 1.82) is 0 Å². The van der Waals surface area contributed by atoms with Crippen molar-refractivity contribution < 1.29 is 22.7 Å². The van der Waals surface area contributed by atoms with E-state index < -0.39 is 30.2 Å². The van der Waals surface area contributed by atoms with Crippen molar-refractivity contribution in [2.24, 2.45) is 0 Å². The Kier molecular flexibility index (Phi) is 3.19. The van der Waals surface area contributed by atoms with Crippen LogP contribution in [0.3, 0.4) is 0 Å². The molecular weight excluding hydrogens is 247 g/mol. The summed E-state index contributed by atoms with van der Waals surface area (Å²) < 4.78 is 43.7. The molecule has 1 heterocycles. The molecule has 3 nitrogen and oxygen atoms in total. The predicted molar refractivity (Wildman–Crippen MR) is 59.1 cm³/mol. The van der Waals surface area contributed by atoms with E-state index >= 15 is 0 Å². The summed E-state index contributed by atoms with van der Waals surface area (Å²) in [5, 5.41) is 2.65. The van der Waals surface area contributed by atoms with E-state index in [1.807, 2.05) is 0 Å². The van der Waals surface area contributed by atoms with Gasteiger partial charge in [0.25, 0.3) is 0 Å². The number of halogens is 3. The van der Waals surface area contributed by atoms with Gasteiger partial charge < -0.3 is 10.1 Å². The summed E-state index contributed by atoms with van der Waals surface area (Å²) >= 11 is 0. The Morgan fingerprint density at radius 1 is 1.50 bits per heavy atom. The zero-order valence-electron chi connectivity index (χ0n) is 9.67. The number of esters is 1. The molecule has 1 atom stereocenters. The minimum atomic E-state index is -3.43. The van der Waals surface area contributed by atoms with Crippen LogP contribution < -0.4 is 5.32 Å². The van der Waals surface area contributed by atoms with Gasteiger partial charge in [-0.15, -0.1) is 0 Å². The van der Waals surface area contributed by atoms with E-state index in [9.17, 15) is 18.0 Å². The lowest BCUT2D eigenvalue weighted by Crippen LogP contribution is -2.22. The highest BCUT2D eigenvalue weighted by Gasteiger charge is 2.50. The number of rotatable bonds is 3. The highest BCUT2D eigenvalue weighted by molar-refractivity contribution is 5.79. The van der Waals surface area contributed by atoms with Crippen LogP contribution in [0.15, 0.2) is 18.2 Å². The zero-order valence-corrected chi connectivity index (χ0v) is 9.67.